The van der Waals surface area contributed by atoms with Crippen molar-refractivity contribution in [1.82, 2.24) is 0 Å². The summed E-state index contributed by atoms with van der Waals surface area (Å²) in [5, 5.41) is 2.50. The van der Waals surface area contributed by atoms with Crippen LogP contribution in [0.3, 0.4) is 0 Å². The standard InChI is InChI=1S/C53H37N/c1-5-16-39(17-6-1)47-26-15-18-41-36-40(30-34-48(41)47)38-28-31-45(32-29-38)54(44-23-11-4-12-24-44)46-33-35-50-49-25-13-14-27-51(49)53(52(50)37-46,42-19-7-2-8-20-42)43-21-9-3-10-22-43/h1-37H. The zero-order chi connectivity index (χ0) is 35.9. The zero-order valence-corrected chi connectivity index (χ0v) is 29.8. The van der Waals surface area contributed by atoms with Crippen LogP contribution in [-0.4, -0.2) is 0 Å². The van der Waals surface area contributed by atoms with Gasteiger partial charge in [-0.05, 0) is 109 Å². The molecule has 0 atom stereocenters. The summed E-state index contributed by atoms with van der Waals surface area (Å²) in [6.07, 6.45) is 0. The van der Waals surface area contributed by atoms with E-state index in [9.17, 15) is 0 Å². The molecular weight excluding hydrogens is 651 g/mol. The Balaban J connectivity index is 1.10. The van der Waals surface area contributed by atoms with Crippen LogP contribution in [0.15, 0.2) is 224 Å². The second kappa shape index (κ2) is 13.2. The highest BCUT2D eigenvalue weighted by Crippen LogP contribution is 2.57. The number of anilines is 3. The van der Waals surface area contributed by atoms with Gasteiger partial charge in [0.05, 0.1) is 5.41 Å². The van der Waals surface area contributed by atoms with E-state index in [0.717, 1.165) is 17.1 Å². The topological polar surface area (TPSA) is 3.24 Å². The molecule has 0 aliphatic heterocycles. The molecule has 9 aromatic carbocycles. The maximum Gasteiger partial charge on any atom is 0.0714 e. The van der Waals surface area contributed by atoms with Crippen LogP contribution >= 0.6 is 0 Å². The molecule has 10 rings (SSSR count). The van der Waals surface area contributed by atoms with Gasteiger partial charge >= 0.3 is 0 Å². The number of rotatable bonds is 7. The van der Waals surface area contributed by atoms with Gasteiger partial charge in [-0.1, -0.05) is 182 Å². The Morgan fingerprint density at radius 1 is 0.296 bits per heavy atom. The van der Waals surface area contributed by atoms with Crippen LogP contribution in [0.1, 0.15) is 22.3 Å². The number of fused-ring (bicyclic) bond motifs is 4. The summed E-state index contributed by atoms with van der Waals surface area (Å²) in [5.74, 6) is 0. The highest BCUT2D eigenvalue weighted by atomic mass is 15.1. The first-order valence-corrected chi connectivity index (χ1v) is 18.7. The quantitative estimate of drug-likeness (QED) is 0.161. The van der Waals surface area contributed by atoms with Crippen molar-refractivity contribution < 1.29 is 0 Å². The Labute approximate surface area is 317 Å². The molecule has 1 heteroatoms. The Bertz CT molecular complexity index is 2700. The van der Waals surface area contributed by atoms with E-state index < -0.39 is 5.41 Å². The van der Waals surface area contributed by atoms with E-state index in [0.29, 0.717) is 0 Å². The van der Waals surface area contributed by atoms with E-state index in [1.165, 1.54) is 66.4 Å². The van der Waals surface area contributed by atoms with Crippen molar-refractivity contribution >= 4 is 27.8 Å². The molecule has 1 nitrogen and oxygen atoms in total. The molecule has 54 heavy (non-hydrogen) atoms. The normalized spacial score (nSPS) is 12.6. The second-order valence-electron chi connectivity index (χ2n) is 14.1. The lowest BCUT2D eigenvalue weighted by Gasteiger charge is -2.35. The fourth-order valence-electron chi connectivity index (χ4n) is 8.73. The molecular formula is C53H37N. The van der Waals surface area contributed by atoms with Crippen molar-refractivity contribution in [3.8, 4) is 33.4 Å². The molecule has 0 radical (unpaired) electrons. The lowest BCUT2D eigenvalue weighted by atomic mass is 9.67. The van der Waals surface area contributed by atoms with Gasteiger partial charge < -0.3 is 4.90 Å². The molecule has 254 valence electrons. The molecule has 0 heterocycles. The van der Waals surface area contributed by atoms with Crippen LogP contribution in [-0.2, 0) is 5.41 Å². The average Bonchev–Trinajstić information content (AvgIpc) is 3.55. The van der Waals surface area contributed by atoms with E-state index in [1.54, 1.807) is 0 Å². The van der Waals surface area contributed by atoms with Gasteiger partial charge in [0, 0.05) is 17.1 Å². The summed E-state index contributed by atoms with van der Waals surface area (Å²) in [4.78, 5) is 2.39. The fourth-order valence-corrected chi connectivity index (χ4v) is 8.73. The molecule has 0 saturated heterocycles. The SMILES string of the molecule is c1ccc(-c2cccc3cc(-c4ccc(N(c5ccccc5)c5ccc6c(c5)C(c5ccccc5)(c5ccccc5)c5ccccc5-6)cc4)ccc23)cc1. The van der Waals surface area contributed by atoms with E-state index in [2.05, 4.69) is 229 Å². The smallest absolute Gasteiger partial charge is 0.0714 e. The predicted molar refractivity (Wildman–Crippen MR) is 227 cm³/mol. The Kier molecular flexibility index (Phi) is 7.78. The molecule has 1 aliphatic carbocycles. The first-order valence-electron chi connectivity index (χ1n) is 18.7. The molecule has 0 N–H and O–H groups in total. The fraction of sp³-hybridized carbons (Fsp3) is 0.0189. The molecule has 0 unspecified atom stereocenters. The van der Waals surface area contributed by atoms with Gasteiger partial charge in [0.2, 0.25) is 0 Å². The minimum atomic E-state index is -0.465. The maximum atomic E-state index is 2.43. The molecule has 0 aromatic heterocycles. The molecule has 0 amide bonds. The van der Waals surface area contributed by atoms with Crippen molar-refractivity contribution in [1.29, 1.82) is 0 Å². The zero-order valence-electron chi connectivity index (χ0n) is 29.8. The van der Waals surface area contributed by atoms with Gasteiger partial charge in [-0.25, -0.2) is 0 Å². The highest BCUT2D eigenvalue weighted by Gasteiger charge is 2.46. The first kappa shape index (κ1) is 31.7. The first-order chi connectivity index (χ1) is 26.8. The van der Waals surface area contributed by atoms with Crippen LogP contribution in [0.2, 0.25) is 0 Å². The van der Waals surface area contributed by atoms with Gasteiger partial charge in [0.15, 0.2) is 0 Å². The lowest BCUT2D eigenvalue weighted by molar-refractivity contribution is 0.768. The van der Waals surface area contributed by atoms with Crippen LogP contribution < -0.4 is 4.90 Å². The van der Waals surface area contributed by atoms with Gasteiger partial charge in [-0.3, -0.25) is 0 Å². The monoisotopic (exact) mass is 687 g/mol. The highest BCUT2D eigenvalue weighted by molar-refractivity contribution is 5.99. The Morgan fingerprint density at radius 3 is 1.54 bits per heavy atom. The minimum absolute atomic E-state index is 0.465. The molecule has 1 aliphatic rings. The summed E-state index contributed by atoms with van der Waals surface area (Å²) in [5.41, 5.74) is 15.5. The van der Waals surface area contributed by atoms with E-state index in [4.69, 9.17) is 0 Å². The van der Waals surface area contributed by atoms with Gasteiger partial charge in [-0.2, -0.15) is 0 Å². The van der Waals surface area contributed by atoms with Crippen molar-refractivity contribution in [3.63, 3.8) is 0 Å². The number of nitrogens with zero attached hydrogens (tertiary/aromatic N) is 1. The third-order valence-electron chi connectivity index (χ3n) is 11.1. The number of para-hydroxylation sites is 1. The third-order valence-corrected chi connectivity index (χ3v) is 11.1. The van der Waals surface area contributed by atoms with Gasteiger partial charge in [0.1, 0.15) is 0 Å². The van der Waals surface area contributed by atoms with Crippen molar-refractivity contribution in [2.45, 2.75) is 5.41 Å². The number of benzene rings is 9. The average molecular weight is 688 g/mol. The van der Waals surface area contributed by atoms with Gasteiger partial charge in [-0.15, -0.1) is 0 Å². The molecule has 9 aromatic rings. The summed E-state index contributed by atoms with van der Waals surface area (Å²) in [7, 11) is 0. The summed E-state index contributed by atoms with van der Waals surface area (Å²) in [6, 6.07) is 81.9. The predicted octanol–water partition coefficient (Wildman–Crippen LogP) is 14.0. The number of hydrogen-bond acceptors (Lipinski definition) is 1. The third kappa shape index (κ3) is 5.17. The van der Waals surface area contributed by atoms with Crippen LogP contribution in [0, 0.1) is 0 Å². The minimum Gasteiger partial charge on any atom is -0.310 e. The molecule has 0 fully saturated rings. The second-order valence-corrected chi connectivity index (χ2v) is 14.1. The van der Waals surface area contributed by atoms with E-state index >= 15 is 0 Å². The largest absolute Gasteiger partial charge is 0.310 e. The molecule has 0 bridgehead atoms. The van der Waals surface area contributed by atoms with E-state index in [1.807, 2.05) is 0 Å². The maximum absolute atomic E-state index is 2.43. The van der Waals surface area contributed by atoms with Crippen LogP contribution in [0.25, 0.3) is 44.2 Å². The van der Waals surface area contributed by atoms with Gasteiger partial charge in [0.25, 0.3) is 0 Å². The van der Waals surface area contributed by atoms with Crippen LogP contribution in [0.5, 0.6) is 0 Å². The summed E-state index contributed by atoms with van der Waals surface area (Å²) in [6.45, 7) is 0. The van der Waals surface area contributed by atoms with Crippen molar-refractivity contribution in [2.24, 2.45) is 0 Å². The Hall–Kier alpha value is -6.96. The van der Waals surface area contributed by atoms with E-state index in [-0.39, 0.29) is 0 Å². The summed E-state index contributed by atoms with van der Waals surface area (Å²) >= 11 is 0. The Morgan fingerprint density at radius 2 is 0.833 bits per heavy atom. The van der Waals surface area contributed by atoms with Crippen molar-refractivity contribution in [2.75, 3.05) is 4.90 Å². The number of hydrogen-bond donors (Lipinski definition) is 0. The summed E-state index contributed by atoms with van der Waals surface area (Å²) < 4.78 is 0. The molecule has 0 spiro atoms. The van der Waals surface area contributed by atoms with Crippen LogP contribution in [0.4, 0.5) is 17.1 Å². The molecule has 0 saturated carbocycles. The lowest BCUT2D eigenvalue weighted by Crippen LogP contribution is -2.28. The van der Waals surface area contributed by atoms with Crippen molar-refractivity contribution in [3.05, 3.63) is 247 Å².